The van der Waals surface area contributed by atoms with E-state index in [0.717, 1.165) is 16.3 Å². The summed E-state index contributed by atoms with van der Waals surface area (Å²) in [6.45, 7) is 4.41. The average Bonchev–Trinajstić information content (AvgIpc) is 2.53. The molecule has 1 aliphatic carbocycles. The van der Waals surface area contributed by atoms with Gasteiger partial charge in [0.15, 0.2) is 0 Å². The zero-order chi connectivity index (χ0) is 14.6. The minimum atomic E-state index is -0.109. The summed E-state index contributed by atoms with van der Waals surface area (Å²) in [6, 6.07) is 18.1. The van der Waals surface area contributed by atoms with Crippen LogP contribution < -0.4 is 0 Å². The number of benzene rings is 3. The fourth-order valence-electron chi connectivity index (χ4n) is 3.84. The Hall–Kier alpha value is -2.15. The predicted octanol–water partition coefficient (Wildman–Crippen LogP) is 5.60. The third-order valence-corrected chi connectivity index (χ3v) is 4.90. The van der Waals surface area contributed by atoms with Crippen molar-refractivity contribution in [2.24, 2.45) is 0 Å². The van der Waals surface area contributed by atoms with Crippen molar-refractivity contribution in [3.63, 3.8) is 0 Å². The van der Waals surface area contributed by atoms with Crippen LogP contribution in [0.3, 0.4) is 0 Å². The second kappa shape index (κ2) is 4.42. The highest BCUT2D eigenvalue weighted by atomic mass is 19.1. The van der Waals surface area contributed by atoms with Gasteiger partial charge in [-0.2, -0.15) is 0 Å². The summed E-state index contributed by atoms with van der Waals surface area (Å²) in [5, 5.41) is 1.79. The number of hydrogen-bond donors (Lipinski definition) is 0. The summed E-state index contributed by atoms with van der Waals surface area (Å²) in [6.07, 6.45) is 0. The van der Waals surface area contributed by atoms with Gasteiger partial charge in [0.2, 0.25) is 0 Å². The van der Waals surface area contributed by atoms with Crippen LogP contribution in [-0.4, -0.2) is 0 Å². The van der Waals surface area contributed by atoms with Crippen LogP contribution in [0.25, 0.3) is 10.8 Å². The summed E-state index contributed by atoms with van der Waals surface area (Å²) in [4.78, 5) is 0. The molecule has 4 rings (SSSR count). The molecule has 0 bridgehead atoms. The molecule has 104 valence electrons. The zero-order valence-electron chi connectivity index (χ0n) is 12.2. The lowest BCUT2D eigenvalue weighted by atomic mass is 9.72. The summed E-state index contributed by atoms with van der Waals surface area (Å²) in [7, 11) is 0. The van der Waals surface area contributed by atoms with E-state index < -0.39 is 0 Å². The Kier molecular flexibility index (Phi) is 2.65. The molecule has 0 spiro atoms. The molecule has 0 N–H and O–H groups in total. The van der Waals surface area contributed by atoms with Gasteiger partial charge in [-0.1, -0.05) is 62.4 Å². The van der Waals surface area contributed by atoms with Gasteiger partial charge >= 0.3 is 0 Å². The van der Waals surface area contributed by atoms with E-state index in [9.17, 15) is 4.39 Å². The van der Waals surface area contributed by atoms with Gasteiger partial charge in [0.1, 0.15) is 5.82 Å². The molecule has 0 saturated heterocycles. The first kappa shape index (κ1) is 12.6. The minimum Gasteiger partial charge on any atom is -0.206 e. The smallest absolute Gasteiger partial charge is 0.131 e. The van der Waals surface area contributed by atoms with Crippen LogP contribution in [-0.2, 0) is 0 Å². The average molecular weight is 276 g/mol. The van der Waals surface area contributed by atoms with E-state index in [4.69, 9.17) is 0 Å². The van der Waals surface area contributed by atoms with Crippen molar-refractivity contribution in [1.82, 2.24) is 0 Å². The maximum absolute atomic E-state index is 14.5. The Morgan fingerprint density at radius 2 is 1.29 bits per heavy atom. The van der Waals surface area contributed by atoms with Crippen molar-refractivity contribution in [2.45, 2.75) is 25.7 Å². The van der Waals surface area contributed by atoms with Gasteiger partial charge in [-0.05, 0) is 33.7 Å². The van der Waals surface area contributed by atoms with E-state index >= 15 is 0 Å². The first-order valence-corrected chi connectivity index (χ1v) is 7.48. The number of halogens is 1. The molecule has 3 aromatic rings. The normalized spacial score (nSPS) is 20.1. The van der Waals surface area contributed by atoms with Crippen molar-refractivity contribution in [3.8, 4) is 0 Å². The van der Waals surface area contributed by atoms with Crippen LogP contribution in [0, 0.1) is 5.82 Å². The SMILES string of the molecule is CC1c2ccccc2C(C)c2c1cc(F)c1ccccc21. The van der Waals surface area contributed by atoms with Crippen LogP contribution in [0.5, 0.6) is 0 Å². The monoisotopic (exact) mass is 276 g/mol. The molecule has 2 unspecified atom stereocenters. The van der Waals surface area contributed by atoms with E-state index in [0.29, 0.717) is 5.92 Å². The second-order valence-electron chi connectivity index (χ2n) is 5.98. The molecule has 0 radical (unpaired) electrons. The highest BCUT2D eigenvalue weighted by molar-refractivity contribution is 5.89. The van der Waals surface area contributed by atoms with Crippen LogP contribution in [0.2, 0.25) is 0 Å². The fourth-order valence-corrected chi connectivity index (χ4v) is 3.84. The third kappa shape index (κ3) is 1.67. The molecule has 3 aromatic carbocycles. The predicted molar refractivity (Wildman–Crippen MR) is 85.4 cm³/mol. The Morgan fingerprint density at radius 1 is 0.714 bits per heavy atom. The molecule has 2 atom stereocenters. The standard InChI is InChI=1S/C20H17F/c1-12-14-7-3-4-8-15(14)13(2)20-17-10-6-5-9-16(17)19(21)11-18(12)20/h3-13H,1-2H3. The Morgan fingerprint density at radius 3 is 2.00 bits per heavy atom. The Bertz CT molecular complexity index is 848. The molecule has 21 heavy (non-hydrogen) atoms. The van der Waals surface area contributed by atoms with Crippen LogP contribution in [0.4, 0.5) is 4.39 Å². The van der Waals surface area contributed by atoms with Gasteiger partial charge in [-0.3, -0.25) is 0 Å². The second-order valence-corrected chi connectivity index (χ2v) is 5.98. The van der Waals surface area contributed by atoms with Crippen LogP contribution in [0.15, 0.2) is 54.6 Å². The van der Waals surface area contributed by atoms with Gasteiger partial charge in [0, 0.05) is 17.2 Å². The number of hydrogen-bond acceptors (Lipinski definition) is 0. The summed E-state index contributed by atoms with van der Waals surface area (Å²) >= 11 is 0. The third-order valence-electron chi connectivity index (χ3n) is 4.90. The Balaban J connectivity index is 2.11. The van der Waals surface area contributed by atoms with Gasteiger partial charge in [-0.25, -0.2) is 4.39 Å². The van der Waals surface area contributed by atoms with Gasteiger partial charge in [0.25, 0.3) is 0 Å². The quantitative estimate of drug-likeness (QED) is 0.501. The largest absolute Gasteiger partial charge is 0.206 e. The summed E-state index contributed by atoms with van der Waals surface area (Å²) < 4.78 is 14.5. The fraction of sp³-hybridized carbons (Fsp3) is 0.200. The molecule has 0 aliphatic heterocycles. The van der Waals surface area contributed by atoms with Crippen molar-refractivity contribution >= 4 is 10.8 Å². The molecule has 0 heterocycles. The minimum absolute atomic E-state index is 0.109. The topological polar surface area (TPSA) is 0 Å². The van der Waals surface area contributed by atoms with E-state index in [1.165, 1.54) is 16.7 Å². The van der Waals surface area contributed by atoms with E-state index in [1.807, 2.05) is 18.2 Å². The first-order valence-electron chi connectivity index (χ1n) is 7.48. The zero-order valence-corrected chi connectivity index (χ0v) is 12.2. The lowest BCUT2D eigenvalue weighted by molar-refractivity contribution is 0.632. The molecule has 1 heteroatoms. The molecular weight excluding hydrogens is 259 g/mol. The van der Waals surface area contributed by atoms with Gasteiger partial charge in [0.05, 0.1) is 0 Å². The lowest BCUT2D eigenvalue weighted by Gasteiger charge is -2.32. The van der Waals surface area contributed by atoms with Crippen molar-refractivity contribution in [1.29, 1.82) is 0 Å². The first-order chi connectivity index (χ1) is 10.2. The number of fused-ring (bicyclic) bond motifs is 4. The molecule has 1 aliphatic rings. The van der Waals surface area contributed by atoms with Crippen molar-refractivity contribution < 1.29 is 4.39 Å². The molecule has 0 saturated carbocycles. The maximum atomic E-state index is 14.5. The van der Waals surface area contributed by atoms with Crippen LogP contribution in [0.1, 0.15) is 47.9 Å². The van der Waals surface area contributed by atoms with Gasteiger partial charge < -0.3 is 0 Å². The number of rotatable bonds is 0. The molecular formula is C20H17F. The van der Waals surface area contributed by atoms with Crippen molar-refractivity contribution in [2.75, 3.05) is 0 Å². The highest BCUT2D eigenvalue weighted by Crippen LogP contribution is 2.46. The van der Waals surface area contributed by atoms with Gasteiger partial charge in [-0.15, -0.1) is 0 Å². The molecule has 0 amide bonds. The molecule has 0 nitrogen and oxygen atoms in total. The van der Waals surface area contributed by atoms with E-state index in [2.05, 4.69) is 44.2 Å². The maximum Gasteiger partial charge on any atom is 0.131 e. The summed E-state index contributed by atoms with van der Waals surface area (Å²) in [5.74, 6) is 0.437. The molecule has 0 aromatic heterocycles. The van der Waals surface area contributed by atoms with E-state index in [1.54, 1.807) is 6.07 Å². The highest BCUT2D eigenvalue weighted by Gasteiger charge is 2.29. The van der Waals surface area contributed by atoms with Crippen molar-refractivity contribution in [3.05, 3.63) is 82.7 Å². The van der Waals surface area contributed by atoms with Crippen LogP contribution >= 0.6 is 0 Å². The summed E-state index contributed by atoms with van der Waals surface area (Å²) in [5.41, 5.74) is 5.12. The lowest BCUT2D eigenvalue weighted by Crippen LogP contribution is -2.15. The Labute approximate surface area is 124 Å². The van der Waals surface area contributed by atoms with E-state index in [-0.39, 0.29) is 11.7 Å². The molecule has 0 fully saturated rings.